The van der Waals surface area contributed by atoms with E-state index in [0.717, 1.165) is 17.0 Å². The van der Waals surface area contributed by atoms with Gasteiger partial charge in [-0.2, -0.15) is 4.98 Å². The molecule has 1 aliphatic rings. The van der Waals surface area contributed by atoms with Crippen molar-refractivity contribution in [1.29, 1.82) is 0 Å². The molecule has 1 aliphatic heterocycles. The number of allylic oxidation sites excluding steroid dienone is 1. The maximum Gasteiger partial charge on any atom is 0.327 e. The molecule has 0 fully saturated rings. The Kier molecular flexibility index (Phi) is 5.21. The van der Waals surface area contributed by atoms with Gasteiger partial charge in [0.05, 0.1) is 22.2 Å². The van der Waals surface area contributed by atoms with Crippen LogP contribution in [0.15, 0.2) is 70.2 Å². The standard InChI is InChI=1S/C23H15F3N4O2S/c1-12-19(22-28-21(29-32-22)18-6-3-9-33-18)20(13-4-2-5-14(24)10-13)27-23(31)30(12)15-7-8-16(25)17(26)11-15/h2-11,20H,1H3,(H,27,31). The maximum atomic E-state index is 14.0. The topological polar surface area (TPSA) is 71.3 Å². The molecule has 5 rings (SSSR count). The highest BCUT2D eigenvalue weighted by atomic mass is 32.1. The second-order valence-electron chi connectivity index (χ2n) is 7.27. The number of urea groups is 1. The minimum atomic E-state index is -1.10. The van der Waals surface area contributed by atoms with Crippen LogP contribution in [0.5, 0.6) is 0 Å². The number of hydrogen-bond donors (Lipinski definition) is 1. The summed E-state index contributed by atoms with van der Waals surface area (Å²) in [7, 11) is 0. The number of thiophene rings is 1. The first-order valence-corrected chi connectivity index (χ1v) is 10.7. The molecular weight excluding hydrogens is 453 g/mol. The number of nitrogens with one attached hydrogen (secondary N) is 1. The molecule has 0 spiro atoms. The van der Waals surface area contributed by atoms with E-state index < -0.39 is 29.5 Å². The van der Waals surface area contributed by atoms with E-state index in [0.29, 0.717) is 22.7 Å². The molecule has 2 aromatic heterocycles. The molecule has 6 nitrogen and oxygen atoms in total. The summed E-state index contributed by atoms with van der Waals surface area (Å²) in [6, 6.07) is 11.2. The van der Waals surface area contributed by atoms with Gasteiger partial charge in [-0.25, -0.2) is 18.0 Å². The Bertz CT molecular complexity index is 1380. The Labute approximate surface area is 190 Å². The van der Waals surface area contributed by atoms with E-state index in [-0.39, 0.29) is 11.6 Å². The van der Waals surface area contributed by atoms with Crippen LogP contribution in [0.25, 0.3) is 16.3 Å². The van der Waals surface area contributed by atoms with Crippen LogP contribution >= 0.6 is 11.3 Å². The summed E-state index contributed by atoms with van der Waals surface area (Å²) in [5.74, 6) is -2.15. The summed E-state index contributed by atoms with van der Waals surface area (Å²) in [6.45, 7) is 1.62. The van der Waals surface area contributed by atoms with Crippen molar-refractivity contribution in [2.24, 2.45) is 0 Å². The van der Waals surface area contributed by atoms with E-state index in [4.69, 9.17) is 4.52 Å². The number of benzene rings is 2. The number of anilines is 1. The van der Waals surface area contributed by atoms with E-state index in [1.807, 2.05) is 17.5 Å². The first-order chi connectivity index (χ1) is 15.9. The minimum absolute atomic E-state index is 0.108. The molecule has 2 aromatic carbocycles. The van der Waals surface area contributed by atoms with Crippen LogP contribution in [0.3, 0.4) is 0 Å². The summed E-state index contributed by atoms with van der Waals surface area (Å²) in [5.41, 5.74) is 1.32. The number of halogens is 3. The molecule has 3 heterocycles. The van der Waals surface area contributed by atoms with Crippen LogP contribution in [0, 0.1) is 17.5 Å². The first-order valence-electron chi connectivity index (χ1n) is 9.82. The number of aromatic nitrogens is 2. The molecule has 2 amide bonds. The van der Waals surface area contributed by atoms with E-state index in [9.17, 15) is 18.0 Å². The molecule has 0 aliphatic carbocycles. The van der Waals surface area contributed by atoms with Crippen molar-refractivity contribution in [1.82, 2.24) is 15.5 Å². The van der Waals surface area contributed by atoms with Gasteiger partial charge >= 0.3 is 6.03 Å². The lowest BCUT2D eigenvalue weighted by Crippen LogP contribution is -2.46. The van der Waals surface area contributed by atoms with Gasteiger partial charge in [0.2, 0.25) is 5.82 Å². The van der Waals surface area contributed by atoms with Gasteiger partial charge in [0.15, 0.2) is 11.6 Å². The van der Waals surface area contributed by atoms with Gasteiger partial charge in [-0.1, -0.05) is 23.4 Å². The third kappa shape index (κ3) is 3.78. The normalized spacial score (nSPS) is 16.3. The van der Waals surface area contributed by atoms with Crippen molar-refractivity contribution in [3.05, 3.63) is 94.6 Å². The molecule has 166 valence electrons. The lowest BCUT2D eigenvalue weighted by atomic mass is 9.94. The lowest BCUT2D eigenvalue weighted by molar-refractivity contribution is 0.244. The fraction of sp³-hybridized carbons (Fsp3) is 0.0870. The Morgan fingerprint density at radius 1 is 1.06 bits per heavy atom. The predicted octanol–water partition coefficient (Wildman–Crippen LogP) is 5.92. The van der Waals surface area contributed by atoms with Gasteiger partial charge in [-0.15, -0.1) is 11.3 Å². The quantitative estimate of drug-likeness (QED) is 0.404. The predicted molar refractivity (Wildman–Crippen MR) is 117 cm³/mol. The zero-order valence-electron chi connectivity index (χ0n) is 17.1. The van der Waals surface area contributed by atoms with Gasteiger partial charge in [0.25, 0.3) is 5.89 Å². The smallest absolute Gasteiger partial charge is 0.327 e. The molecule has 4 aromatic rings. The van der Waals surface area contributed by atoms with Crippen molar-refractivity contribution in [2.75, 3.05) is 4.90 Å². The number of hydrogen-bond acceptors (Lipinski definition) is 5. The molecule has 0 saturated carbocycles. The van der Waals surface area contributed by atoms with Crippen molar-refractivity contribution >= 4 is 28.6 Å². The third-order valence-electron chi connectivity index (χ3n) is 5.23. The summed E-state index contributed by atoms with van der Waals surface area (Å²) in [6.07, 6.45) is 0. The maximum absolute atomic E-state index is 14.0. The lowest BCUT2D eigenvalue weighted by Gasteiger charge is -2.35. The summed E-state index contributed by atoms with van der Waals surface area (Å²) in [5, 5.41) is 8.69. The van der Waals surface area contributed by atoms with Gasteiger partial charge in [-0.05, 0) is 48.2 Å². The number of carbonyl (C=O) groups excluding carboxylic acids is 1. The fourth-order valence-electron chi connectivity index (χ4n) is 3.73. The molecule has 1 unspecified atom stereocenters. The Morgan fingerprint density at radius 2 is 1.91 bits per heavy atom. The van der Waals surface area contributed by atoms with Crippen molar-refractivity contribution in [3.63, 3.8) is 0 Å². The zero-order chi connectivity index (χ0) is 23.1. The molecule has 1 N–H and O–H groups in total. The summed E-state index contributed by atoms with van der Waals surface area (Å²) >= 11 is 1.43. The number of nitrogens with zero attached hydrogens (tertiary/aromatic N) is 3. The Balaban J connectivity index is 1.68. The molecule has 1 atom stereocenters. The summed E-state index contributed by atoms with van der Waals surface area (Å²) in [4.78, 5) is 19.5. The highest BCUT2D eigenvalue weighted by Gasteiger charge is 2.37. The molecule has 0 radical (unpaired) electrons. The van der Waals surface area contributed by atoms with Gasteiger partial charge in [-0.3, -0.25) is 4.90 Å². The molecule has 0 bridgehead atoms. The molecule has 33 heavy (non-hydrogen) atoms. The average Bonchev–Trinajstić information content (AvgIpc) is 3.48. The van der Waals surface area contributed by atoms with E-state index in [2.05, 4.69) is 15.5 Å². The van der Waals surface area contributed by atoms with Crippen molar-refractivity contribution < 1.29 is 22.5 Å². The number of rotatable bonds is 4. The number of amides is 2. The van der Waals surface area contributed by atoms with E-state index in [1.165, 1.54) is 40.5 Å². The Morgan fingerprint density at radius 3 is 2.64 bits per heavy atom. The van der Waals surface area contributed by atoms with E-state index >= 15 is 0 Å². The van der Waals surface area contributed by atoms with Gasteiger partial charge in [0, 0.05) is 11.8 Å². The third-order valence-corrected chi connectivity index (χ3v) is 6.09. The van der Waals surface area contributed by atoms with E-state index in [1.54, 1.807) is 13.0 Å². The second-order valence-corrected chi connectivity index (χ2v) is 8.22. The second kappa shape index (κ2) is 8.21. The molecule has 0 saturated heterocycles. The van der Waals surface area contributed by atoms with Crippen LogP contribution in [0.2, 0.25) is 0 Å². The zero-order valence-corrected chi connectivity index (χ0v) is 17.9. The van der Waals surface area contributed by atoms with Crippen LogP contribution in [0.1, 0.15) is 24.4 Å². The Hall–Kier alpha value is -3.92. The fourth-order valence-corrected chi connectivity index (χ4v) is 4.38. The molecule has 10 heteroatoms. The van der Waals surface area contributed by atoms with Crippen LogP contribution in [-0.2, 0) is 0 Å². The van der Waals surface area contributed by atoms with Crippen molar-refractivity contribution in [3.8, 4) is 10.7 Å². The first kappa shape index (κ1) is 21.0. The summed E-state index contributed by atoms with van der Waals surface area (Å²) < 4.78 is 46.9. The van der Waals surface area contributed by atoms with Crippen LogP contribution in [0.4, 0.5) is 23.7 Å². The van der Waals surface area contributed by atoms with Crippen LogP contribution < -0.4 is 10.2 Å². The average molecular weight is 468 g/mol. The van der Waals surface area contributed by atoms with Crippen LogP contribution in [-0.4, -0.2) is 16.2 Å². The monoisotopic (exact) mass is 468 g/mol. The number of carbonyl (C=O) groups is 1. The SMILES string of the molecule is CC1=C(c2nc(-c3cccs3)no2)C(c2cccc(F)c2)NC(=O)N1c1ccc(F)c(F)c1. The largest absolute Gasteiger partial charge is 0.334 e. The highest BCUT2D eigenvalue weighted by molar-refractivity contribution is 7.13. The molecular formula is C23H15F3N4O2S. The highest BCUT2D eigenvalue weighted by Crippen LogP contribution is 2.39. The minimum Gasteiger partial charge on any atom is -0.334 e. The van der Waals surface area contributed by atoms with Gasteiger partial charge in [0.1, 0.15) is 5.82 Å². The van der Waals surface area contributed by atoms with Crippen molar-refractivity contribution in [2.45, 2.75) is 13.0 Å². The van der Waals surface area contributed by atoms with Gasteiger partial charge < -0.3 is 9.84 Å².